The van der Waals surface area contributed by atoms with Gasteiger partial charge in [0.05, 0.1) is 30.1 Å². The molecule has 1 aromatic carbocycles. The van der Waals surface area contributed by atoms with Gasteiger partial charge in [0, 0.05) is 29.1 Å². The van der Waals surface area contributed by atoms with E-state index < -0.39 is 0 Å². The van der Waals surface area contributed by atoms with Crippen molar-refractivity contribution >= 4 is 40.4 Å². The Kier molecular flexibility index (Phi) is 11.6. The number of hydrogen-bond donors (Lipinski definition) is 2. The number of rotatable bonds is 13. The van der Waals surface area contributed by atoms with Crippen LogP contribution in [0.1, 0.15) is 81.3 Å². The second kappa shape index (κ2) is 13.9. The normalized spacial score (nSPS) is 12.3. The smallest absolute Gasteiger partial charge is 0.339 e. The van der Waals surface area contributed by atoms with Gasteiger partial charge in [-0.25, -0.2) is 9.78 Å². The van der Waals surface area contributed by atoms with Gasteiger partial charge in [0.25, 0.3) is 0 Å². The second-order valence-corrected chi connectivity index (χ2v) is 10.6. The Morgan fingerprint density at radius 1 is 1.24 bits per heavy atom. The highest BCUT2D eigenvalue weighted by molar-refractivity contribution is 9.10. The van der Waals surface area contributed by atoms with E-state index in [0.29, 0.717) is 34.8 Å². The molecular formula is C26H38BrN3O3S. The molecule has 0 aliphatic heterocycles. The zero-order valence-corrected chi connectivity index (χ0v) is 23.4. The molecule has 0 fully saturated rings. The van der Waals surface area contributed by atoms with E-state index in [4.69, 9.17) is 4.74 Å². The van der Waals surface area contributed by atoms with Crippen molar-refractivity contribution in [3.63, 3.8) is 0 Å². The third-order valence-corrected chi connectivity index (χ3v) is 6.60. The SMILES string of the molecule is CCCCc1ncc(CNC(=O)C(CS)CC(C)C)n1Cc1ccc(C(=O)OC(C)C)c(Br)c1. The highest BCUT2D eigenvalue weighted by Gasteiger charge is 2.20. The zero-order valence-electron chi connectivity index (χ0n) is 20.9. The summed E-state index contributed by atoms with van der Waals surface area (Å²) < 4.78 is 8.19. The fraction of sp³-hybridized carbons (Fsp3) is 0.577. The molecule has 1 N–H and O–H groups in total. The highest BCUT2D eigenvalue weighted by atomic mass is 79.9. The summed E-state index contributed by atoms with van der Waals surface area (Å²) in [7, 11) is 0. The van der Waals surface area contributed by atoms with Crippen LogP contribution in [-0.2, 0) is 29.0 Å². The van der Waals surface area contributed by atoms with Gasteiger partial charge in [0.15, 0.2) is 0 Å². The largest absolute Gasteiger partial charge is 0.459 e. The van der Waals surface area contributed by atoms with Gasteiger partial charge < -0.3 is 14.6 Å². The first-order valence-corrected chi connectivity index (χ1v) is 13.5. The molecule has 1 atom stereocenters. The standard InChI is InChI=1S/C26H38BrN3O3S/c1-6-7-8-24-28-13-21(14-29-25(31)20(16-34)11-17(2)3)30(24)15-19-9-10-22(23(27)12-19)26(32)33-18(4)5/h9-10,12-13,17-18,20,34H,6-8,11,14-16H2,1-5H3,(H,29,31). The molecule has 0 saturated carbocycles. The molecule has 0 bridgehead atoms. The first-order valence-electron chi connectivity index (χ1n) is 12.1. The average Bonchev–Trinajstić information content (AvgIpc) is 3.14. The average molecular weight is 553 g/mol. The van der Waals surface area contributed by atoms with Crippen molar-refractivity contribution in [2.24, 2.45) is 11.8 Å². The van der Waals surface area contributed by atoms with E-state index in [1.807, 2.05) is 32.2 Å². The van der Waals surface area contributed by atoms with E-state index in [0.717, 1.165) is 42.8 Å². The molecule has 2 rings (SSSR count). The maximum atomic E-state index is 12.7. The van der Waals surface area contributed by atoms with E-state index in [9.17, 15) is 9.59 Å². The summed E-state index contributed by atoms with van der Waals surface area (Å²) in [6.07, 6.45) is 5.49. The van der Waals surface area contributed by atoms with Crippen LogP contribution in [0.15, 0.2) is 28.9 Å². The van der Waals surface area contributed by atoms with Gasteiger partial charge in [0.1, 0.15) is 5.82 Å². The minimum absolute atomic E-state index is 0.0299. The lowest BCUT2D eigenvalue weighted by Gasteiger charge is -2.18. The van der Waals surface area contributed by atoms with Gasteiger partial charge in [-0.3, -0.25) is 4.79 Å². The minimum atomic E-state index is -0.344. The van der Waals surface area contributed by atoms with Gasteiger partial charge in [0.2, 0.25) is 5.91 Å². The number of esters is 1. The summed E-state index contributed by atoms with van der Waals surface area (Å²) in [5.74, 6) is 1.55. The summed E-state index contributed by atoms with van der Waals surface area (Å²) in [6, 6.07) is 5.67. The van der Waals surface area contributed by atoms with Crippen molar-refractivity contribution in [1.82, 2.24) is 14.9 Å². The molecule has 1 heterocycles. The highest BCUT2D eigenvalue weighted by Crippen LogP contribution is 2.22. The number of imidazole rings is 1. The number of carbonyl (C=O) groups is 2. The molecule has 1 aromatic heterocycles. The van der Waals surface area contributed by atoms with Gasteiger partial charge in [-0.05, 0) is 66.2 Å². The number of ether oxygens (including phenoxy) is 1. The summed E-state index contributed by atoms with van der Waals surface area (Å²) in [4.78, 5) is 29.7. The maximum absolute atomic E-state index is 12.7. The van der Waals surface area contributed by atoms with Crippen LogP contribution in [0.4, 0.5) is 0 Å². The van der Waals surface area contributed by atoms with Crippen LogP contribution in [0.5, 0.6) is 0 Å². The molecule has 6 nitrogen and oxygen atoms in total. The third-order valence-electron chi connectivity index (χ3n) is 5.50. The Morgan fingerprint density at radius 3 is 2.56 bits per heavy atom. The molecule has 0 radical (unpaired) electrons. The number of halogens is 1. The predicted octanol–water partition coefficient (Wildman–Crippen LogP) is 5.81. The van der Waals surface area contributed by atoms with Crippen LogP contribution in [0.2, 0.25) is 0 Å². The Labute approximate surface area is 217 Å². The fourth-order valence-corrected chi connectivity index (χ4v) is 4.66. The van der Waals surface area contributed by atoms with E-state index >= 15 is 0 Å². The quantitative estimate of drug-likeness (QED) is 0.243. The van der Waals surface area contributed by atoms with Crippen LogP contribution in [0.3, 0.4) is 0 Å². The molecular weight excluding hydrogens is 514 g/mol. The summed E-state index contributed by atoms with van der Waals surface area (Å²) in [5, 5.41) is 3.09. The Morgan fingerprint density at radius 2 is 1.97 bits per heavy atom. The van der Waals surface area contributed by atoms with Gasteiger partial charge in [-0.1, -0.05) is 33.3 Å². The number of nitrogens with zero attached hydrogens (tertiary/aromatic N) is 2. The Hall–Kier alpha value is -1.80. The van der Waals surface area contributed by atoms with Crippen LogP contribution in [-0.4, -0.2) is 33.3 Å². The van der Waals surface area contributed by atoms with Crippen molar-refractivity contribution in [3.05, 3.63) is 51.5 Å². The number of benzene rings is 1. The first kappa shape index (κ1) is 28.4. The van der Waals surface area contributed by atoms with E-state index in [1.165, 1.54) is 0 Å². The van der Waals surface area contributed by atoms with Crippen molar-refractivity contribution in [3.8, 4) is 0 Å². The van der Waals surface area contributed by atoms with E-state index in [1.54, 1.807) is 6.07 Å². The predicted molar refractivity (Wildman–Crippen MR) is 143 cm³/mol. The molecule has 34 heavy (non-hydrogen) atoms. The number of unbranched alkanes of at least 4 members (excludes halogenated alkanes) is 1. The van der Waals surface area contributed by atoms with E-state index in [2.05, 4.69) is 64.2 Å². The number of aryl methyl sites for hydroxylation is 1. The lowest BCUT2D eigenvalue weighted by molar-refractivity contribution is -0.124. The Bertz CT molecular complexity index is 959. The van der Waals surface area contributed by atoms with Crippen molar-refractivity contribution < 1.29 is 14.3 Å². The van der Waals surface area contributed by atoms with Gasteiger partial charge >= 0.3 is 5.97 Å². The van der Waals surface area contributed by atoms with Crippen LogP contribution < -0.4 is 5.32 Å². The van der Waals surface area contributed by atoms with Crippen molar-refractivity contribution in [2.45, 2.75) is 79.5 Å². The molecule has 188 valence electrons. The van der Waals surface area contributed by atoms with Crippen LogP contribution in [0, 0.1) is 11.8 Å². The summed E-state index contributed by atoms with van der Waals surface area (Å²) >= 11 is 7.90. The van der Waals surface area contributed by atoms with Gasteiger partial charge in [-0.2, -0.15) is 12.6 Å². The van der Waals surface area contributed by atoms with Crippen molar-refractivity contribution in [2.75, 3.05) is 5.75 Å². The number of amides is 1. The van der Waals surface area contributed by atoms with Crippen LogP contribution >= 0.6 is 28.6 Å². The topological polar surface area (TPSA) is 73.2 Å². The number of thiol groups is 1. The molecule has 1 unspecified atom stereocenters. The lowest BCUT2D eigenvalue weighted by Crippen LogP contribution is -2.32. The molecule has 1 amide bonds. The minimum Gasteiger partial charge on any atom is -0.459 e. The van der Waals surface area contributed by atoms with Gasteiger partial charge in [-0.15, -0.1) is 0 Å². The van der Waals surface area contributed by atoms with Crippen molar-refractivity contribution in [1.29, 1.82) is 0 Å². The number of aromatic nitrogens is 2. The molecule has 2 aromatic rings. The maximum Gasteiger partial charge on any atom is 0.339 e. The number of hydrogen-bond acceptors (Lipinski definition) is 5. The first-order chi connectivity index (χ1) is 16.2. The second-order valence-electron chi connectivity index (χ2n) is 9.35. The zero-order chi connectivity index (χ0) is 25.3. The molecule has 0 saturated heterocycles. The molecule has 8 heteroatoms. The fourth-order valence-electron chi connectivity index (χ4n) is 3.76. The number of nitrogens with one attached hydrogen (secondary N) is 1. The monoisotopic (exact) mass is 551 g/mol. The third kappa shape index (κ3) is 8.45. The van der Waals surface area contributed by atoms with E-state index in [-0.39, 0.29) is 23.9 Å². The molecule has 0 aliphatic rings. The lowest BCUT2D eigenvalue weighted by atomic mass is 9.98. The molecule has 0 aliphatic carbocycles. The van der Waals surface area contributed by atoms with Crippen LogP contribution in [0.25, 0.3) is 0 Å². The Balaban J connectivity index is 2.21. The summed E-state index contributed by atoms with van der Waals surface area (Å²) in [6.45, 7) is 11.1. The summed E-state index contributed by atoms with van der Waals surface area (Å²) in [5.41, 5.74) is 2.50. The number of carbonyl (C=O) groups excluding carboxylic acids is 2. The molecule has 0 spiro atoms.